The van der Waals surface area contributed by atoms with Crippen LogP contribution in [0.2, 0.25) is 0 Å². The summed E-state index contributed by atoms with van der Waals surface area (Å²) in [4.78, 5) is 4.35. The molecule has 0 spiro atoms. The smallest absolute Gasteiger partial charge is 0.0641 e. The number of aryl methyl sites for hydroxylation is 2. The Morgan fingerprint density at radius 2 is 2.21 bits per heavy atom. The molecule has 0 aliphatic heterocycles. The van der Waals surface area contributed by atoms with Crippen molar-refractivity contribution in [1.82, 2.24) is 20.1 Å². The van der Waals surface area contributed by atoms with E-state index in [0.717, 1.165) is 24.4 Å². The molecule has 0 aromatic carbocycles. The third-order valence-electron chi connectivity index (χ3n) is 4.60. The van der Waals surface area contributed by atoms with Gasteiger partial charge in [-0.3, -0.25) is 9.67 Å². The van der Waals surface area contributed by atoms with Gasteiger partial charge in [0, 0.05) is 36.0 Å². The van der Waals surface area contributed by atoms with Gasteiger partial charge >= 0.3 is 0 Å². The van der Waals surface area contributed by atoms with Crippen LogP contribution >= 0.6 is 0 Å². The summed E-state index contributed by atoms with van der Waals surface area (Å²) in [6.07, 6.45) is 7.89. The SMILES string of the molecule is Cc1nn(CCC#N)c(C)c1C1C=CC(NCc2ccccn2)C1. The van der Waals surface area contributed by atoms with Gasteiger partial charge in [-0.2, -0.15) is 10.4 Å². The van der Waals surface area contributed by atoms with Gasteiger partial charge in [0.2, 0.25) is 0 Å². The van der Waals surface area contributed by atoms with Crippen LogP contribution in [0, 0.1) is 25.2 Å². The standard InChI is InChI=1S/C19H23N5/c1-14-19(15(2)24(23-14)11-5-9-20)16-7-8-17(12-16)22-13-18-6-3-4-10-21-18/h3-4,6-8,10,16-17,22H,5,11-13H2,1-2H3. The first-order valence-corrected chi connectivity index (χ1v) is 8.41. The zero-order valence-corrected chi connectivity index (χ0v) is 14.2. The molecular formula is C19H23N5. The van der Waals surface area contributed by atoms with Crippen molar-refractivity contribution >= 4 is 0 Å². The molecule has 1 aliphatic rings. The molecule has 5 heteroatoms. The van der Waals surface area contributed by atoms with Crippen molar-refractivity contribution in [2.24, 2.45) is 0 Å². The molecule has 0 bridgehead atoms. The number of hydrogen-bond acceptors (Lipinski definition) is 4. The zero-order valence-electron chi connectivity index (χ0n) is 14.2. The van der Waals surface area contributed by atoms with Crippen molar-refractivity contribution in [3.05, 3.63) is 59.2 Å². The number of nitrogens with one attached hydrogen (secondary N) is 1. The number of pyridine rings is 1. The summed E-state index contributed by atoms with van der Waals surface area (Å²) in [6.45, 7) is 5.62. The number of allylic oxidation sites excluding steroid dienone is 1. The summed E-state index contributed by atoms with van der Waals surface area (Å²) in [5.74, 6) is 0.391. The number of nitriles is 1. The lowest BCUT2D eigenvalue weighted by molar-refractivity contribution is 0.552. The molecule has 0 saturated carbocycles. The molecule has 0 radical (unpaired) electrons. The summed E-state index contributed by atoms with van der Waals surface area (Å²) in [7, 11) is 0. The molecule has 1 aliphatic carbocycles. The van der Waals surface area contributed by atoms with E-state index in [1.165, 1.54) is 11.3 Å². The summed E-state index contributed by atoms with van der Waals surface area (Å²) >= 11 is 0. The third-order valence-corrected chi connectivity index (χ3v) is 4.60. The van der Waals surface area contributed by atoms with Gasteiger partial charge < -0.3 is 5.32 Å². The first-order valence-electron chi connectivity index (χ1n) is 8.41. The van der Waals surface area contributed by atoms with E-state index < -0.39 is 0 Å². The van der Waals surface area contributed by atoms with E-state index in [1.54, 1.807) is 0 Å². The van der Waals surface area contributed by atoms with Crippen LogP contribution in [-0.2, 0) is 13.1 Å². The first kappa shape index (κ1) is 16.4. The van der Waals surface area contributed by atoms with Gasteiger partial charge in [0.25, 0.3) is 0 Å². The maximum atomic E-state index is 8.78. The molecule has 0 saturated heterocycles. The van der Waals surface area contributed by atoms with E-state index in [4.69, 9.17) is 5.26 Å². The maximum absolute atomic E-state index is 8.78. The molecule has 2 atom stereocenters. The molecular weight excluding hydrogens is 298 g/mol. The molecule has 124 valence electrons. The molecule has 2 unspecified atom stereocenters. The lowest BCUT2D eigenvalue weighted by Crippen LogP contribution is -2.25. The zero-order chi connectivity index (χ0) is 16.9. The van der Waals surface area contributed by atoms with Gasteiger partial charge in [-0.05, 0) is 32.4 Å². The largest absolute Gasteiger partial charge is 0.305 e. The van der Waals surface area contributed by atoms with E-state index in [1.807, 2.05) is 29.1 Å². The van der Waals surface area contributed by atoms with Crippen molar-refractivity contribution in [2.45, 2.75) is 51.7 Å². The first-order chi connectivity index (χ1) is 11.7. The second-order valence-corrected chi connectivity index (χ2v) is 6.25. The summed E-state index contributed by atoms with van der Waals surface area (Å²) < 4.78 is 1.97. The van der Waals surface area contributed by atoms with Crippen LogP contribution in [0.1, 0.15) is 41.4 Å². The van der Waals surface area contributed by atoms with Crippen molar-refractivity contribution < 1.29 is 0 Å². The van der Waals surface area contributed by atoms with Gasteiger partial charge in [0.1, 0.15) is 0 Å². The predicted molar refractivity (Wildman–Crippen MR) is 93.3 cm³/mol. The summed E-state index contributed by atoms with van der Waals surface area (Å²) in [5, 5.41) is 16.9. The summed E-state index contributed by atoms with van der Waals surface area (Å²) in [5.41, 5.74) is 4.63. The average Bonchev–Trinajstić information content (AvgIpc) is 3.16. The van der Waals surface area contributed by atoms with Crippen LogP contribution in [0.25, 0.3) is 0 Å². The Labute approximate surface area is 143 Å². The van der Waals surface area contributed by atoms with Crippen LogP contribution in [-0.4, -0.2) is 20.8 Å². The van der Waals surface area contributed by atoms with Crippen LogP contribution in [0.15, 0.2) is 36.5 Å². The minimum absolute atomic E-state index is 0.360. The summed E-state index contributed by atoms with van der Waals surface area (Å²) in [6, 6.07) is 8.54. The Balaban J connectivity index is 1.63. The van der Waals surface area contributed by atoms with E-state index in [0.29, 0.717) is 24.9 Å². The van der Waals surface area contributed by atoms with Gasteiger partial charge in [-0.15, -0.1) is 0 Å². The lowest BCUT2D eigenvalue weighted by atomic mass is 9.96. The molecule has 1 N–H and O–H groups in total. The van der Waals surface area contributed by atoms with Crippen LogP contribution in [0.5, 0.6) is 0 Å². The highest BCUT2D eigenvalue weighted by Gasteiger charge is 2.25. The molecule has 3 rings (SSSR count). The fourth-order valence-corrected chi connectivity index (χ4v) is 3.42. The highest BCUT2D eigenvalue weighted by atomic mass is 15.3. The minimum atomic E-state index is 0.360. The Hall–Kier alpha value is -2.45. The molecule has 0 fully saturated rings. The van der Waals surface area contributed by atoms with E-state index in [-0.39, 0.29) is 0 Å². The van der Waals surface area contributed by atoms with Crippen LogP contribution < -0.4 is 5.32 Å². The molecule has 2 heterocycles. The highest BCUT2D eigenvalue weighted by molar-refractivity contribution is 5.35. The fourth-order valence-electron chi connectivity index (χ4n) is 3.42. The van der Waals surface area contributed by atoms with Crippen molar-refractivity contribution in [3.8, 4) is 6.07 Å². The topological polar surface area (TPSA) is 66.5 Å². The Morgan fingerprint density at radius 1 is 1.33 bits per heavy atom. The molecule has 2 aromatic heterocycles. The van der Waals surface area contributed by atoms with Crippen molar-refractivity contribution in [1.29, 1.82) is 5.26 Å². The third kappa shape index (κ3) is 3.55. The molecule has 24 heavy (non-hydrogen) atoms. The Bertz CT molecular complexity index is 754. The Kier molecular flexibility index (Phi) is 5.07. The van der Waals surface area contributed by atoms with Crippen LogP contribution in [0.4, 0.5) is 0 Å². The van der Waals surface area contributed by atoms with Gasteiger partial charge in [-0.1, -0.05) is 18.2 Å². The number of hydrogen-bond donors (Lipinski definition) is 1. The predicted octanol–water partition coefficient (Wildman–Crippen LogP) is 3.01. The number of aromatic nitrogens is 3. The second-order valence-electron chi connectivity index (χ2n) is 6.25. The van der Waals surface area contributed by atoms with Crippen LogP contribution in [0.3, 0.4) is 0 Å². The van der Waals surface area contributed by atoms with E-state index in [2.05, 4.69) is 47.5 Å². The van der Waals surface area contributed by atoms with E-state index in [9.17, 15) is 0 Å². The van der Waals surface area contributed by atoms with E-state index >= 15 is 0 Å². The molecule has 0 amide bonds. The average molecular weight is 321 g/mol. The number of nitrogens with zero attached hydrogens (tertiary/aromatic N) is 4. The van der Waals surface area contributed by atoms with Crippen molar-refractivity contribution in [2.75, 3.05) is 0 Å². The molecule has 2 aromatic rings. The monoisotopic (exact) mass is 321 g/mol. The lowest BCUT2D eigenvalue weighted by Gasteiger charge is -2.14. The maximum Gasteiger partial charge on any atom is 0.0641 e. The van der Waals surface area contributed by atoms with Gasteiger partial charge in [0.05, 0.1) is 30.4 Å². The quantitative estimate of drug-likeness (QED) is 0.831. The van der Waals surface area contributed by atoms with Gasteiger partial charge in [0.15, 0.2) is 0 Å². The minimum Gasteiger partial charge on any atom is -0.305 e. The fraction of sp³-hybridized carbons (Fsp3) is 0.421. The second kappa shape index (κ2) is 7.41. The number of rotatable bonds is 6. The van der Waals surface area contributed by atoms with Crippen molar-refractivity contribution in [3.63, 3.8) is 0 Å². The Morgan fingerprint density at radius 3 is 2.96 bits per heavy atom. The van der Waals surface area contributed by atoms with Gasteiger partial charge in [-0.25, -0.2) is 0 Å². The normalized spacial score (nSPS) is 19.5. The highest BCUT2D eigenvalue weighted by Crippen LogP contribution is 2.33. The molecule has 5 nitrogen and oxygen atoms in total.